The first-order valence-corrected chi connectivity index (χ1v) is 11.7. The maximum absolute atomic E-state index is 12.5. The fourth-order valence-electron chi connectivity index (χ4n) is 2.80. The molecule has 0 fully saturated rings. The highest BCUT2D eigenvalue weighted by Crippen LogP contribution is 2.32. The van der Waals surface area contributed by atoms with Crippen molar-refractivity contribution in [1.82, 2.24) is 0 Å². The minimum absolute atomic E-state index is 0.159. The molecule has 1 aliphatic rings. The van der Waals surface area contributed by atoms with E-state index in [4.69, 9.17) is 0 Å². The topological polar surface area (TPSA) is 83.6 Å². The lowest BCUT2D eigenvalue weighted by molar-refractivity contribution is 0.592. The lowest BCUT2D eigenvalue weighted by Gasteiger charge is -2.29. The largest absolute Gasteiger partial charge is 0.280 e. The predicted molar refractivity (Wildman–Crippen MR) is 102 cm³/mol. The first-order chi connectivity index (χ1) is 11.7. The van der Waals surface area contributed by atoms with Gasteiger partial charge < -0.3 is 0 Å². The van der Waals surface area contributed by atoms with Crippen LogP contribution in [0, 0.1) is 0 Å². The van der Waals surface area contributed by atoms with Gasteiger partial charge in [0.1, 0.15) is 0 Å². The number of hydrogen-bond acceptors (Lipinski definition) is 4. The number of hydrogen-bond donors (Lipinski definition) is 1. The molecule has 0 radical (unpaired) electrons. The number of sulfonamides is 2. The second-order valence-electron chi connectivity index (χ2n) is 5.84. The minimum atomic E-state index is -3.70. The van der Waals surface area contributed by atoms with Gasteiger partial charge in [-0.3, -0.25) is 9.03 Å². The molecule has 134 valence electrons. The normalized spacial score (nSPS) is 14.9. The molecule has 25 heavy (non-hydrogen) atoms. The van der Waals surface area contributed by atoms with Gasteiger partial charge in [-0.05, 0) is 60.9 Å². The molecule has 3 rings (SSSR count). The van der Waals surface area contributed by atoms with E-state index < -0.39 is 20.0 Å². The van der Waals surface area contributed by atoms with Crippen LogP contribution in [0.1, 0.15) is 12.0 Å². The van der Waals surface area contributed by atoms with Crippen molar-refractivity contribution in [3.05, 3.63) is 52.5 Å². The summed E-state index contributed by atoms with van der Waals surface area (Å²) in [6, 6.07) is 11.3. The maximum atomic E-state index is 12.5. The molecule has 0 bridgehead atoms. The molecule has 1 heterocycles. The summed E-state index contributed by atoms with van der Waals surface area (Å²) in [5.74, 6) is 0. The third kappa shape index (κ3) is 3.99. The first kappa shape index (κ1) is 18.2. The number of fused-ring (bicyclic) bond motifs is 1. The summed E-state index contributed by atoms with van der Waals surface area (Å²) in [6.45, 7) is 0.440. The van der Waals surface area contributed by atoms with E-state index in [-0.39, 0.29) is 4.90 Å². The van der Waals surface area contributed by atoms with Gasteiger partial charge >= 0.3 is 0 Å². The zero-order chi connectivity index (χ0) is 18.2. The molecule has 0 atom stereocenters. The summed E-state index contributed by atoms with van der Waals surface area (Å²) in [4.78, 5) is 0.159. The Hall–Kier alpha value is -1.58. The van der Waals surface area contributed by atoms with Crippen LogP contribution in [0.25, 0.3) is 0 Å². The molecule has 1 aliphatic heterocycles. The van der Waals surface area contributed by atoms with E-state index in [1.165, 1.54) is 22.7 Å². The van der Waals surface area contributed by atoms with Crippen LogP contribution in [0.15, 0.2) is 51.8 Å². The van der Waals surface area contributed by atoms with Crippen LogP contribution < -0.4 is 9.03 Å². The number of halogens is 1. The van der Waals surface area contributed by atoms with E-state index in [0.29, 0.717) is 30.8 Å². The number of nitrogens with one attached hydrogen (secondary N) is 1. The summed E-state index contributed by atoms with van der Waals surface area (Å²) < 4.78 is 53.4. The second-order valence-corrected chi connectivity index (χ2v) is 10.3. The van der Waals surface area contributed by atoms with E-state index in [2.05, 4.69) is 20.7 Å². The molecule has 2 aromatic carbocycles. The van der Waals surface area contributed by atoms with E-state index in [1.807, 2.05) is 0 Å². The Morgan fingerprint density at radius 2 is 1.72 bits per heavy atom. The Labute approximate surface area is 156 Å². The maximum Gasteiger partial charge on any atom is 0.261 e. The number of rotatable bonds is 4. The van der Waals surface area contributed by atoms with Gasteiger partial charge in [-0.15, -0.1) is 0 Å². The van der Waals surface area contributed by atoms with Gasteiger partial charge in [0, 0.05) is 16.7 Å². The van der Waals surface area contributed by atoms with Crippen molar-refractivity contribution in [1.29, 1.82) is 0 Å². The summed E-state index contributed by atoms with van der Waals surface area (Å²) in [7, 11) is -7.05. The van der Waals surface area contributed by atoms with Gasteiger partial charge in [0.05, 0.1) is 16.8 Å². The highest BCUT2D eigenvalue weighted by atomic mass is 79.9. The average molecular weight is 445 g/mol. The number of anilines is 2. The quantitative estimate of drug-likeness (QED) is 0.785. The van der Waals surface area contributed by atoms with Crippen molar-refractivity contribution in [3.63, 3.8) is 0 Å². The van der Waals surface area contributed by atoms with E-state index >= 15 is 0 Å². The van der Waals surface area contributed by atoms with Crippen LogP contribution in [-0.2, 0) is 26.5 Å². The van der Waals surface area contributed by atoms with Gasteiger partial charge in [-0.1, -0.05) is 15.9 Å². The molecule has 9 heteroatoms. The molecule has 6 nitrogen and oxygen atoms in total. The van der Waals surface area contributed by atoms with Crippen molar-refractivity contribution in [2.45, 2.75) is 17.7 Å². The van der Waals surface area contributed by atoms with Crippen LogP contribution in [0.2, 0.25) is 0 Å². The van der Waals surface area contributed by atoms with Gasteiger partial charge in [0.25, 0.3) is 10.0 Å². The highest BCUT2D eigenvalue weighted by Gasteiger charge is 2.24. The third-order valence-electron chi connectivity index (χ3n) is 3.93. The van der Waals surface area contributed by atoms with Gasteiger partial charge in [-0.25, -0.2) is 16.8 Å². The second kappa shape index (κ2) is 6.62. The number of benzene rings is 2. The fraction of sp³-hybridized carbons (Fsp3) is 0.250. The monoisotopic (exact) mass is 444 g/mol. The molecule has 0 spiro atoms. The van der Waals surface area contributed by atoms with E-state index in [0.717, 1.165) is 10.0 Å². The Morgan fingerprint density at radius 1 is 1.04 bits per heavy atom. The molecule has 0 saturated heterocycles. The number of aryl methyl sites for hydroxylation is 1. The molecule has 0 aliphatic carbocycles. The minimum Gasteiger partial charge on any atom is -0.280 e. The molecule has 0 saturated carbocycles. The Balaban J connectivity index is 1.91. The summed E-state index contributed by atoms with van der Waals surface area (Å²) in [6.07, 6.45) is 2.57. The van der Waals surface area contributed by atoms with Crippen molar-refractivity contribution < 1.29 is 16.8 Å². The Kier molecular flexibility index (Phi) is 4.82. The molecule has 0 amide bonds. The van der Waals surface area contributed by atoms with Gasteiger partial charge in [0.2, 0.25) is 10.0 Å². The van der Waals surface area contributed by atoms with Crippen molar-refractivity contribution in [2.75, 3.05) is 21.8 Å². The molecular formula is C16H17BrN2O4S2. The van der Waals surface area contributed by atoms with Crippen LogP contribution in [-0.4, -0.2) is 29.6 Å². The van der Waals surface area contributed by atoms with Gasteiger partial charge in [-0.2, -0.15) is 0 Å². The number of nitrogens with zero attached hydrogens (tertiary/aromatic N) is 1. The summed E-state index contributed by atoms with van der Waals surface area (Å²) >= 11 is 3.27. The van der Waals surface area contributed by atoms with Crippen molar-refractivity contribution in [3.8, 4) is 0 Å². The van der Waals surface area contributed by atoms with Gasteiger partial charge in [0.15, 0.2) is 0 Å². The first-order valence-electron chi connectivity index (χ1n) is 7.56. The SMILES string of the molecule is CS(=O)(=O)N1CCCc2cc(NS(=O)(=O)c3ccc(Br)cc3)ccc21. The Bertz CT molecular complexity index is 1000. The van der Waals surface area contributed by atoms with Crippen LogP contribution in [0.5, 0.6) is 0 Å². The summed E-state index contributed by atoms with van der Waals surface area (Å²) in [5.41, 5.74) is 1.84. The summed E-state index contributed by atoms with van der Waals surface area (Å²) in [5, 5.41) is 0. The third-order valence-corrected chi connectivity index (χ3v) is 7.04. The average Bonchev–Trinajstić information content (AvgIpc) is 2.53. The van der Waals surface area contributed by atoms with E-state index in [1.54, 1.807) is 30.3 Å². The smallest absolute Gasteiger partial charge is 0.261 e. The van der Waals surface area contributed by atoms with Crippen LogP contribution in [0.3, 0.4) is 0 Å². The zero-order valence-electron chi connectivity index (χ0n) is 13.4. The molecule has 0 unspecified atom stereocenters. The van der Waals surface area contributed by atoms with E-state index in [9.17, 15) is 16.8 Å². The van der Waals surface area contributed by atoms with Crippen molar-refractivity contribution >= 4 is 47.4 Å². The molecular weight excluding hydrogens is 428 g/mol. The van der Waals surface area contributed by atoms with Crippen LogP contribution in [0.4, 0.5) is 11.4 Å². The fourth-order valence-corrected chi connectivity index (χ4v) is 5.11. The molecule has 1 N–H and O–H groups in total. The predicted octanol–water partition coefficient (Wildman–Crippen LogP) is 2.96. The highest BCUT2D eigenvalue weighted by molar-refractivity contribution is 9.10. The molecule has 0 aromatic heterocycles. The molecule has 2 aromatic rings. The van der Waals surface area contributed by atoms with Crippen LogP contribution >= 0.6 is 15.9 Å². The zero-order valence-corrected chi connectivity index (χ0v) is 16.7. The lowest BCUT2D eigenvalue weighted by Crippen LogP contribution is -2.34. The van der Waals surface area contributed by atoms with Crippen molar-refractivity contribution in [2.24, 2.45) is 0 Å². The lowest BCUT2D eigenvalue weighted by atomic mass is 10.0. The standard InChI is InChI=1S/C16H17BrN2O4S2/c1-24(20,21)19-10-2-3-12-11-14(6-9-16(12)19)18-25(22,23)15-7-4-13(17)5-8-15/h4-9,11,18H,2-3,10H2,1H3. The Morgan fingerprint density at radius 3 is 2.36 bits per heavy atom.